The maximum absolute atomic E-state index is 12.8. The van der Waals surface area contributed by atoms with E-state index in [9.17, 15) is 9.18 Å². The summed E-state index contributed by atoms with van der Waals surface area (Å²) in [4.78, 5) is 18.2. The molecule has 3 rings (SSSR count). The van der Waals surface area contributed by atoms with Crippen LogP contribution in [-0.4, -0.2) is 23.0 Å². The predicted octanol–water partition coefficient (Wildman–Crippen LogP) is 3.78. The van der Waals surface area contributed by atoms with Crippen LogP contribution < -0.4 is 5.32 Å². The number of halogens is 1. The van der Waals surface area contributed by atoms with Crippen molar-refractivity contribution in [2.24, 2.45) is 0 Å². The van der Waals surface area contributed by atoms with Crippen LogP contribution in [0.5, 0.6) is 0 Å². The molecule has 4 nitrogen and oxygen atoms in total. The molecular formula is C17H16FN3OS. The Morgan fingerprint density at radius 1 is 1.22 bits per heavy atom. The number of carbonyl (C=O) groups is 1. The van der Waals surface area contributed by atoms with Gasteiger partial charge in [-0.05, 0) is 29.8 Å². The van der Waals surface area contributed by atoms with Gasteiger partial charge in [-0.3, -0.25) is 0 Å². The molecule has 1 aromatic heterocycles. The molecule has 0 spiro atoms. The summed E-state index contributed by atoms with van der Waals surface area (Å²) >= 11 is 1.58. The van der Waals surface area contributed by atoms with E-state index in [1.165, 1.54) is 12.1 Å². The molecule has 23 heavy (non-hydrogen) atoms. The zero-order valence-corrected chi connectivity index (χ0v) is 13.4. The Morgan fingerprint density at radius 2 is 1.96 bits per heavy atom. The number of hydrogen-bond donors (Lipinski definition) is 1. The van der Waals surface area contributed by atoms with Crippen LogP contribution in [0.2, 0.25) is 0 Å². The fourth-order valence-electron chi connectivity index (χ4n) is 2.18. The summed E-state index contributed by atoms with van der Waals surface area (Å²) in [7, 11) is 1.73. The fourth-order valence-corrected chi connectivity index (χ4v) is 3.20. The predicted molar refractivity (Wildman–Crippen MR) is 89.7 cm³/mol. The third-order valence-corrected chi connectivity index (χ3v) is 4.44. The van der Waals surface area contributed by atoms with E-state index >= 15 is 0 Å². The quantitative estimate of drug-likeness (QED) is 0.792. The van der Waals surface area contributed by atoms with Crippen LogP contribution in [0.15, 0.2) is 48.5 Å². The fraction of sp³-hybridized carbons (Fsp3) is 0.176. The van der Waals surface area contributed by atoms with Gasteiger partial charge in [-0.1, -0.05) is 24.3 Å². The summed E-state index contributed by atoms with van der Waals surface area (Å²) in [6, 6.07) is 13.8. The molecule has 6 heteroatoms. The minimum absolute atomic E-state index is 0.186. The largest absolute Gasteiger partial charge is 0.334 e. The summed E-state index contributed by atoms with van der Waals surface area (Å²) < 4.78 is 14.0. The van der Waals surface area contributed by atoms with Crippen molar-refractivity contribution in [2.45, 2.75) is 13.1 Å². The molecule has 2 aromatic carbocycles. The highest BCUT2D eigenvalue weighted by molar-refractivity contribution is 7.18. The van der Waals surface area contributed by atoms with Gasteiger partial charge in [-0.2, -0.15) is 0 Å². The van der Waals surface area contributed by atoms with E-state index in [2.05, 4.69) is 10.3 Å². The Morgan fingerprint density at radius 3 is 2.70 bits per heavy atom. The molecule has 0 fully saturated rings. The zero-order chi connectivity index (χ0) is 16.2. The van der Waals surface area contributed by atoms with Gasteiger partial charge in [-0.25, -0.2) is 14.2 Å². The van der Waals surface area contributed by atoms with Crippen LogP contribution in [0.3, 0.4) is 0 Å². The monoisotopic (exact) mass is 329 g/mol. The van der Waals surface area contributed by atoms with E-state index < -0.39 is 0 Å². The Balaban J connectivity index is 1.57. The summed E-state index contributed by atoms with van der Waals surface area (Å²) in [6.45, 7) is 0.817. The number of carbonyl (C=O) groups excluding carboxylic acids is 1. The molecule has 0 saturated carbocycles. The first-order valence-electron chi connectivity index (χ1n) is 7.19. The average Bonchev–Trinajstić information content (AvgIpc) is 2.96. The maximum Gasteiger partial charge on any atom is 0.317 e. The molecule has 0 aliphatic rings. The van der Waals surface area contributed by atoms with Crippen molar-refractivity contribution in [3.8, 4) is 0 Å². The van der Waals surface area contributed by atoms with Crippen LogP contribution in [0.1, 0.15) is 10.6 Å². The first-order chi connectivity index (χ1) is 11.1. The second-order valence-electron chi connectivity index (χ2n) is 5.22. The average molecular weight is 329 g/mol. The highest BCUT2D eigenvalue weighted by Gasteiger charge is 2.11. The van der Waals surface area contributed by atoms with E-state index in [4.69, 9.17) is 0 Å². The number of nitrogens with zero attached hydrogens (tertiary/aromatic N) is 2. The zero-order valence-electron chi connectivity index (χ0n) is 12.6. The molecule has 0 aliphatic heterocycles. The van der Waals surface area contributed by atoms with E-state index in [0.29, 0.717) is 13.1 Å². The molecule has 2 amide bonds. The van der Waals surface area contributed by atoms with E-state index in [1.807, 2.05) is 24.3 Å². The lowest BCUT2D eigenvalue weighted by atomic mass is 10.2. The van der Waals surface area contributed by atoms with E-state index in [1.54, 1.807) is 35.4 Å². The number of aromatic nitrogens is 1. The van der Waals surface area contributed by atoms with Gasteiger partial charge in [0.15, 0.2) is 0 Å². The molecule has 118 valence electrons. The van der Waals surface area contributed by atoms with E-state index in [0.717, 1.165) is 20.8 Å². The summed E-state index contributed by atoms with van der Waals surface area (Å²) in [6.07, 6.45) is 0. The third kappa shape index (κ3) is 3.84. The minimum Gasteiger partial charge on any atom is -0.334 e. The number of nitrogens with one attached hydrogen (secondary N) is 1. The Labute approximate surface area is 137 Å². The van der Waals surface area contributed by atoms with Crippen molar-refractivity contribution in [2.75, 3.05) is 7.05 Å². The van der Waals surface area contributed by atoms with Crippen molar-refractivity contribution in [3.63, 3.8) is 0 Å². The van der Waals surface area contributed by atoms with Crippen molar-refractivity contribution in [3.05, 3.63) is 64.9 Å². The molecule has 1 heterocycles. The van der Waals surface area contributed by atoms with Crippen LogP contribution in [0.25, 0.3) is 10.2 Å². The van der Waals surface area contributed by atoms with E-state index in [-0.39, 0.29) is 11.8 Å². The first-order valence-corrected chi connectivity index (χ1v) is 8.01. The second kappa shape index (κ2) is 6.75. The van der Waals surface area contributed by atoms with Crippen molar-refractivity contribution in [1.82, 2.24) is 15.2 Å². The van der Waals surface area contributed by atoms with Crippen LogP contribution in [0, 0.1) is 5.82 Å². The first kappa shape index (κ1) is 15.4. The number of benzene rings is 2. The molecule has 0 bridgehead atoms. The van der Waals surface area contributed by atoms with Crippen LogP contribution >= 0.6 is 11.3 Å². The van der Waals surface area contributed by atoms with Crippen molar-refractivity contribution < 1.29 is 9.18 Å². The Kier molecular flexibility index (Phi) is 4.52. The van der Waals surface area contributed by atoms with Gasteiger partial charge in [0.1, 0.15) is 10.8 Å². The molecule has 1 N–H and O–H groups in total. The van der Waals surface area contributed by atoms with Crippen LogP contribution in [-0.2, 0) is 13.1 Å². The summed E-state index contributed by atoms with van der Waals surface area (Å²) in [5, 5.41) is 3.71. The number of rotatable bonds is 4. The van der Waals surface area contributed by atoms with Gasteiger partial charge in [0.2, 0.25) is 0 Å². The smallest absolute Gasteiger partial charge is 0.317 e. The number of fused-ring (bicyclic) bond motifs is 1. The Hall–Kier alpha value is -2.47. The molecule has 0 saturated heterocycles. The molecule has 0 aliphatic carbocycles. The molecule has 0 radical (unpaired) electrons. The van der Waals surface area contributed by atoms with Crippen LogP contribution in [0.4, 0.5) is 9.18 Å². The number of para-hydroxylation sites is 1. The molecule has 0 unspecified atom stereocenters. The maximum atomic E-state index is 12.8. The lowest BCUT2D eigenvalue weighted by molar-refractivity contribution is 0.206. The van der Waals surface area contributed by atoms with Gasteiger partial charge in [0.05, 0.1) is 16.8 Å². The lowest BCUT2D eigenvalue weighted by Crippen LogP contribution is -2.36. The normalized spacial score (nSPS) is 10.7. The van der Waals surface area contributed by atoms with Crippen molar-refractivity contribution in [1.29, 1.82) is 0 Å². The highest BCUT2D eigenvalue weighted by atomic mass is 32.1. The molecular weight excluding hydrogens is 313 g/mol. The topological polar surface area (TPSA) is 45.2 Å². The third-order valence-electron chi connectivity index (χ3n) is 3.41. The number of hydrogen-bond acceptors (Lipinski definition) is 3. The minimum atomic E-state index is -0.284. The standard InChI is InChI=1S/C17H16FN3OS/c1-21(11-16-20-14-4-2-3-5-15(14)23-16)17(22)19-10-12-6-8-13(18)9-7-12/h2-9H,10-11H2,1H3,(H,19,22). The van der Waals surface area contributed by atoms with Crippen molar-refractivity contribution >= 4 is 27.6 Å². The second-order valence-corrected chi connectivity index (χ2v) is 6.33. The summed E-state index contributed by atoms with van der Waals surface area (Å²) in [5.41, 5.74) is 1.81. The van der Waals surface area contributed by atoms with Gasteiger partial charge in [0.25, 0.3) is 0 Å². The molecule has 0 atom stereocenters. The number of urea groups is 1. The highest BCUT2D eigenvalue weighted by Crippen LogP contribution is 2.22. The molecule has 3 aromatic rings. The van der Waals surface area contributed by atoms with Gasteiger partial charge in [-0.15, -0.1) is 11.3 Å². The summed E-state index contributed by atoms with van der Waals surface area (Å²) in [5.74, 6) is -0.284. The number of thiazole rings is 1. The lowest BCUT2D eigenvalue weighted by Gasteiger charge is -2.16. The SMILES string of the molecule is CN(Cc1nc2ccccc2s1)C(=O)NCc1ccc(F)cc1. The Bertz CT molecular complexity index is 783. The number of amides is 2. The van der Waals surface area contributed by atoms with Gasteiger partial charge < -0.3 is 10.2 Å². The van der Waals surface area contributed by atoms with Gasteiger partial charge >= 0.3 is 6.03 Å². The van der Waals surface area contributed by atoms with Gasteiger partial charge in [0, 0.05) is 13.6 Å².